The maximum absolute atomic E-state index is 5.83. The van der Waals surface area contributed by atoms with E-state index in [1.54, 1.807) is 0 Å². The first-order chi connectivity index (χ1) is 14.7. The van der Waals surface area contributed by atoms with E-state index in [0.29, 0.717) is 6.54 Å². The Bertz CT molecular complexity index is 638. The Hall–Kier alpha value is -1.63. The van der Waals surface area contributed by atoms with Crippen LogP contribution in [0.3, 0.4) is 0 Å². The third-order valence-corrected chi connectivity index (χ3v) is 5.89. The van der Waals surface area contributed by atoms with Crippen molar-refractivity contribution in [2.45, 2.75) is 58.7 Å². The summed E-state index contributed by atoms with van der Waals surface area (Å²) in [4.78, 5) is 7.35. The lowest BCUT2D eigenvalue weighted by Crippen LogP contribution is -2.38. The molecular formula is C24H40N4O2. The minimum Gasteiger partial charge on any atom is -0.379 e. The number of piperidine rings is 1. The van der Waals surface area contributed by atoms with Gasteiger partial charge in [-0.25, -0.2) is 4.99 Å². The molecular weight excluding hydrogens is 376 g/mol. The van der Waals surface area contributed by atoms with Gasteiger partial charge in [0.25, 0.3) is 0 Å². The van der Waals surface area contributed by atoms with Crippen LogP contribution in [0.15, 0.2) is 29.3 Å². The molecule has 6 nitrogen and oxygen atoms in total. The number of benzene rings is 1. The third kappa shape index (κ3) is 8.25. The summed E-state index contributed by atoms with van der Waals surface area (Å²) in [7, 11) is 0. The van der Waals surface area contributed by atoms with Crippen molar-refractivity contribution >= 4 is 5.96 Å². The highest BCUT2D eigenvalue weighted by molar-refractivity contribution is 5.79. The third-order valence-electron chi connectivity index (χ3n) is 5.89. The predicted octanol–water partition coefficient (Wildman–Crippen LogP) is 3.17. The lowest BCUT2D eigenvalue weighted by atomic mass is 9.98. The van der Waals surface area contributed by atoms with Crippen LogP contribution in [-0.4, -0.2) is 63.0 Å². The van der Waals surface area contributed by atoms with Gasteiger partial charge in [0, 0.05) is 32.8 Å². The van der Waals surface area contributed by atoms with Crippen LogP contribution in [0.2, 0.25) is 0 Å². The average Bonchev–Trinajstić information content (AvgIpc) is 3.27. The number of aliphatic imine (C=N–C) groups is 1. The molecule has 0 aliphatic carbocycles. The Balaban J connectivity index is 1.41. The van der Waals surface area contributed by atoms with Gasteiger partial charge in [-0.2, -0.15) is 0 Å². The van der Waals surface area contributed by atoms with Crippen molar-refractivity contribution in [2.75, 3.05) is 46.0 Å². The summed E-state index contributed by atoms with van der Waals surface area (Å²) in [5.74, 6) is 1.75. The minimum atomic E-state index is 0.285. The average molecular weight is 417 g/mol. The molecule has 0 radical (unpaired) electrons. The SMILES string of the molecule is CCNC(=NCc1cccc(CN2CCC(C)CC2)c1)NCCCOC1CCOC1. The normalized spacial score (nSPS) is 21.1. The van der Waals surface area contributed by atoms with E-state index in [9.17, 15) is 0 Å². The van der Waals surface area contributed by atoms with Crippen LogP contribution in [-0.2, 0) is 22.6 Å². The van der Waals surface area contributed by atoms with E-state index < -0.39 is 0 Å². The summed E-state index contributed by atoms with van der Waals surface area (Å²) < 4.78 is 11.2. The highest BCUT2D eigenvalue weighted by atomic mass is 16.5. The van der Waals surface area contributed by atoms with E-state index in [4.69, 9.17) is 14.5 Å². The van der Waals surface area contributed by atoms with E-state index in [1.165, 1.54) is 37.1 Å². The number of ether oxygens (including phenoxy) is 2. The summed E-state index contributed by atoms with van der Waals surface area (Å²) in [6, 6.07) is 8.89. The van der Waals surface area contributed by atoms with Gasteiger partial charge in [-0.3, -0.25) is 4.90 Å². The Kier molecular flexibility index (Phi) is 9.93. The topological polar surface area (TPSA) is 58.1 Å². The highest BCUT2D eigenvalue weighted by Gasteiger charge is 2.16. The van der Waals surface area contributed by atoms with Gasteiger partial charge in [0.05, 0.1) is 19.3 Å². The van der Waals surface area contributed by atoms with Crippen molar-refractivity contribution in [3.63, 3.8) is 0 Å². The molecule has 2 saturated heterocycles. The fraction of sp³-hybridized carbons (Fsp3) is 0.708. The summed E-state index contributed by atoms with van der Waals surface area (Å²) in [6.07, 6.45) is 4.91. The zero-order valence-corrected chi connectivity index (χ0v) is 18.9. The molecule has 2 aliphatic rings. The fourth-order valence-corrected chi connectivity index (χ4v) is 3.99. The molecule has 0 amide bonds. The number of likely N-dealkylation sites (tertiary alicyclic amines) is 1. The number of guanidine groups is 1. The molecule has 1 aromatic carbocycles. The number of hydrogen-bond donors (Lipinski definition) is 2. The van der Waals surface area contributed by atoms with E-state index in [-0.39, 0.29) is 6.10 Å². The van der Waals surface area contributed by atoms with Gasteiger partial charge in [0.2, 0.25) is 0 Å². The van der Waals surface area contributed by atoms with E-state index >= 15 is 0 Å². The van der Waals surface area contributed by atoms with Crippen LogP contribution in [0, 0.1) is 5.92 Å². The molecule has 1 unspecified atom stereocenters. The Morgan fingerprint density at radius 3 is 2.80 bits per heavy atom. The Labute approximate surface area is 182 Å². The molecule has 30 heavy (non-hydrogen) atoms. The summed E-state index contributed by atoms with van der Waals surface area (Å²) in [5, 5.41) is 6.76. The van der Waals surface area contributed by atoms with Crippen LogP contribution in [0.1, 0.15) is 50.7 Å². The number of nitrogens with zero attached hydrogens (tertiary/aromatic N) is 2. The predicted molar refractivity (Wildman–Crippen MR) is 123 cm³/mol. The second-order valence-electron chi connectivity index (χ2n) is 8.61. The monoisotopic (exact) mass is 416 g/mol. The van der Waals surface area contributed by atoms with Crippen LogP contribution in [0.5, 0.6) is 0 Å². The van der Waals surface area contributed by atoms with Gasteiger partial charge >= 0.3 is 0 Å². The zero-order valence-electron chi connectivity index (χ0n) is 18.9. The molecule has 2 fully saturated rings. The lowest BCUT2D eigenvalue weighted by Gasteiger charge is -2.30. The molecule has 2 N–H and O–H groups in total. The van der Waals surface area contributed by atoms with Crippen molar-refractivity contribution in [3.8, 4) is 0 Å². The van der Waals surface area contributed by atoms with Crippen LogP contribution in [0.25, 0.3) is 0 Å². The Morgan fingerprint density at radius 2 is 2.03 bits per heavy atom. The first kappa shape index (κ1) is 23.0. The lowest BCUT2D eigenvalue weighted by molar-refractivity contribution is 0.0420. The summed E-state index contributed by atoms with van der Waals surface area (Å²) >= 11 is 0. The number of rotatable bonds is 10. The maximum atomic E-state index is 5.83. The molecule has 6 heteroatoms. The standard InChI is InChI=1S/C24H40N4O2/c1-3-25-24(26-11-5-14-30-23-10-15-29-19-23)27-17-21-6-4-7-22(16-21)18-28-12-8-20(2)9-13-28/h4,6-7,16,20,23H,3,5,8-15,17-19H2,1-2H3,(H2,25,26,27). The first-order valence-corrected chi connectivity index (χ1v) is 11.7. The Morgan fingerprint density at radius 1 is 1.20 bits per heavy atom. The van der Waals surface area contributed by atoms with E-state index in [2.05, 4.69) is 53.6 Å². The van der Waals surface area contributed by atoms with Gasteiger partial charge in [-0.05, 0) is 62.7 Å². The van der Waals surface area contributed by atoms with Gasteiger partial charge < -0.3 is 20.1 Å². The van der Waals surface area contributed by atoms with Crippen LogP contribution in [0.4, 0.5) is 0 Å². The second kappa shape index (κ2) is 12.9. The van der Waals surface area contributed by atoms with Crippen LogP contribution >= 0.6 is 0 Å². The maximum Gasteiger partial charge on any atom is 0.191 e. The zero-order chi connectivity index (χ0) is 21.0. The summed E-state index contributed by atoms with van der Waals surface area (Å²) in [6.45, 7) is 12.7. The first-order valence-electron chi connectivity index (χ1n) is 11.7. The highest BCUT2D eigenvalue weighted by Crippen LogP contribution is 2.18. The van der Waals surface area contributed by atoms with E-state index in [0.717, 1.165) is 64.2 Å². The van der Waals surface area contributed by atoms with Crippen molar-refractivity contribution in [1.29, 1.82) is 0 Å². The van der Waals surface area contributed by atoms with Gasteiger partial charge in [0.15, 0.2) is 5.96 Å². The van der Waals surface area contributed by atoms with Crippen molar-refractivity contribution in [3.05, 3.63) is 35.4 Å². The molecule has 1 atom stereocenters. The number of nitrogens with one attached hydrogen (secondary N) is 2. The largest absolute Gasteiger partial charge is 0.379 e. The minimum absolute atomic E-state index is 0.285. The van der Waals surface area contributed by atoms with Crippen LogP contribution < -0.4 is 10.6 Å². The molecule has 168 valence electrons. The number of hydrogen-bond acceptors (Lipinski definition) is 4. The molecule has 0 bridgehead atoms. The molecule has 0 spiro atoms. The molecule has 2 heterocycles. The molecule has 0 aromatic heterocycles. The smallest absolute Gasteiger partial charge is 0.191 e. The van der Waals surface area contributed by atoms with Gasteiger partial charge in [-0.15, -0.1) is 0 Å². The van der Waals surface area contributed by atoms with Crippen molar-refractivity contribution < 1.29 is 9.47 Å². The second-order valence-corrected chi connectivity index (χ2v) is 8.61. The van der Waals surface area contributed by atoms with E-state index in [1.807, 2.05) is 0 Å². The van der Waals surface area contributed by atoms with Gasteiger partial charge in [0.1, 0.15) is 0 Å². The quantitative estimate of drug-likeness (QED) is 0.349. The van der Waals surface area contributed by atoms with Crippen molar-refractivity contribution in [1.82, 2.24) is 15.5 Å². The summed E-state index contributed by atoms with van der Waals surface area (Å²) in [5.41, 5.74) is 2.66. The molecule has 2 aliphatic heterocycles. The molecule has 3 rings (SSSR count). The molecule has 1 aromatic rings. The molecule has 0 saturated carbocycles. The van der Waals surface area contributed by atoms with Gasteiger partial charge in [-0.1, -0.05) is 31.2 Å². The van der Waals surface area contributed by atoms with Crippen molar-refractivity contribution in [2.24, 2.45) is 10.9 Å². The fourth-order valence-electron chi connectivity index (χ4n) is 3.99.